The minimum absolute atomic E-state index is 0.177. The second-order valence-corrected chi connectivity index (χ2v) is 7.49. The molecule has 3 atom stereocenters. The van der Waals surface area contributed by atoms with Crippen LogP contribution in [0, 0.1) is 11.8 Å². The van der Waals surface area contributed by atoms with Gasteiger partial charge in [-0.25, -0.2) is 4.98 Å². The van der Waals surface area contributed by atoms with Gasteiger partial charge in [0.2, 0.25) is 0 Å². The van der Waals surface area contributed by atoms with Crippen LogP contribution >= 0.6 is 0 Å². The van der Waals surface area contributed by atoms with Crippen LogP contribution in [0.4, 0.5) is 0 Å². The number of ether oxygens (including phenoxy) is 1. The first-order valence-electron chi connectivity index (χ1n) is 9.35. The van der Waals surface area contributed by atoms with Gasteiger partial charge in [-0.2, -0.15) is 0 Å². The lowest BCUT2D eigenvalue weighted by Gasteiger charge is -2.18. The maximum atomic E-state index is 12.7. The van der Waals surface area contributed by atoms with Crippen molar-refractivity contribution in [2.75, 3.05) is 6.61 Å². The third kappa shape index (κ3) is 4.07. The Hall–Kier alpha value is -2.34. The first-order chi connectivity index (χ1) is 12.7. The largest absolute Gasteiger partial charge is 0.492 e. The summed E-state index contributed by atoms with van der Waals surface area (Å²) in [6.07, 6.45) is 8.80. The fourth-order valence-corrected chi connectivity index (χ4v) is 3.63. The number of rotatable bonds is 7. The predicted molar refractivity (Wildman–Crippen MR) is 96.9 cm³/mol. The van der Waals surface area contributed by atoms with Gasteiger partial charge in [-0.05, 0) is 49.7 Å². The van der Waals surface area contributed by atoms with Gasteiger partial charge >= 0.3 is 0 Å². The molecule has 1 aromatic heterocycles. The molecule has 2 fully saturated rings. The van der Waals surface area contributed by atoms with Crippen molar-refractivity contribution in [3.63, 3.8) is 0 Å². The van der Waals surface area contributed by atoms with Crippen LogP contribution in [0.15, 0.2) is 43.0 Å². The van der Waals surface area contributed by atoms with E-state index < -0.39 is 6.10 Å². The zero-order chi connectivity index (χ0) is 17.9. The van der Waals surface area contributed by atoms with Gasteiger partial charge < -0.3 is 19.7 Å². The van der Waals surface area contributed by atoms with Gasteiger partial charge in [-0.15, -0.1) is 0 Å². The summed E-state index contributed by atoms with van der Waals surface area (Å²) in [6.45, 7) is 1.48. The Morgan fingerprint density at radius 1 is 1.27 bits per heavy atom. The summed E-state index contributed by atoms with van der Waals surface area (Å²) in [7, 11) is 0. The molecule has 0 bridgehead atoms. The average Bonchev–Trinajstić information content (AvgIpc) is 3.22. The van der Waals surface area contributed by atoms with Crippen molar-refractivity contribution >= 4 is 5.91 Å². The summed E-state index contributed by atoms with van der Waals surface area (Å²) >= 11 is 0. The van der Waals surface area contributed by atoms with Gasteiger partial charge in [0.05, 0.1) is 30.6 Å². The zero-order valence-corrected chi connectivity index (χ0v) is 14.8. The lowest BCUT2D eigenvalue weighted by Crippen LogP contribution is -2.40. The van der Waals surface area contributed by atoms with Crippen molar-refractivity contribution in [1.82, 2.24) is 14.9 Å². The molecule has 2 aliphatic carbocycles. The molecule has 0 radical (unpaired) electrons. The van der Waals surface area contributed by atoms with Gasteiger partial charge in [0.25, 0.3) is 5.91 Å². The Kier molecular flexibility index (Phi) is 4.93. The predicted octanol–water partition coefficient (Wildman–Crippen LogP) is 2.24. The summed E-state index contributed by atoms with van der Waals surface area (Å²) < 4.78 is 7.85. The normalized spacial score (nSPS) is 25.2. The highest BCUT2D eigenvalue weighted by Gasteiger charge is 2.34. The van der Waals surface area contributed by atoms with Crippen molar-refractivity contribution in [3.05, 3.63) is 48.5 Å². The molecule has 6 heteroatoms. The van der Waals surface area contributed by atoms with E-state index in [2.05, 4.69) is 10.3 Å². The number of hydrogen-bond donors (Lipinski definition) is 2. The molecule has 2 aromatic rings. The van der Waals surface area contributed by atoms with Crippen molar-refractivity contribution in [1.29, 1.82) is 0 Å². The average molecular weight is 355 g/mol. The van der Waals surface area contributed by atoms with E-state index in [4.69, 9.17) is 4.74 Å². The van der Waals surface area contributed by atoms with E-state index in [0.29, 0.717) is 36.2 Å². The molecule has 138 valence electrons. The van der Waals surface area contributed by atoms with Crippen LogP contribution < -0.4 is 10.1 Å². The standard InChI is InChI=1S/C20H25N3O3/c24-18-10-15(11-23-8-7-21-13-23)9-17(18)22-20(25)16-3-1-2-4-19(16)26-12-14-5-6-14/h1-4,7-8,13-15,17-18,24H,5-6,9-12H2,(H,22,25)/t15?,17-,18-/m1/s1. The number of para-hydroxylation sites is 1. The van der Waals surface area contributed by atoms with E-state index in [9.17, 15) is 9.90 Å². The molecule has 0 aliphatic heterocycles. The van der Waals surface area contributed by atoms with Gasteiger partial charge in [-0.1, -0.05) is 12.1 Å². The molecule has 26 heavy (non-hydrogen) atoms. The first-order valence-corrected chi connectivity index (χ1v) is 9.35. The Morgan fingerprint density at radius 2 is 2.12 bits per heavy atom. The number of nitrogens with one attached hydrogen (secondary N) is 1. The third-order valence-corrected chi connectivity index (χ3v) is 5.27. The van der Waals surface area contributed by atoms with E-state index in [-0.39, 0.29) is 11.9 Å². The summed E-state index contributed by atoms with van der Waals surface area (Å²) in [5, 5.41) is 13.4. The molecule has 2 saturated carbocycles. The highest BCUT2D eigenvalue weighted by Crippen LogP contribution is 2.31. The SMILES string of the molecule is O=C(N[C@@H]1CC(Cn2ccnc2)C[C@H]1O)c1ccccc1OCC1CC1. The molecular formula is C20H25N3O3. The third-order valence-electron chi connectivity index (χ3n) is 5.27. The quantitative estimate of drug-likeness (QED) is 0.799. The molecule has 1 unspecified atom stereocenters. The fourth-order valence-electron chi connectivity index (χ4n) is 3.63. The zero-order valence-electron chi connectivity index (χ0n) is 14.8. The van der Waals surface area contributed by atoms with Crippen LogP contribution in [0.2, 0.25) is 0 Å². The number of imidazole rings is 1. The van der Waals surface area contributed by atoms with Crippen molar-refractivity contribution in [3.8, 4) is 5.75 Å². The Balaban J connectivity index is 1.36. The van der Waals surface area contributed by atoms with Crippen molar-refractivity contribution in [2.45, 2.75) is 44.4 Å². The topological polar surface area (TPSA) is 76.4 Å². The number of carbonyl (C=O) groups is 1. The number of aliphatic hydroxyl groups excluding tert-OH is 1. The highest BCUT2D eigenvalue weighted by atomic mass is 16.5. The Morgan fingerprint density at radius 3 is 2.88 bits per heavy atom. The molecule has 1 aromatic carbocycles. The van der Waals surface area contributed by atoms with Gasteiger partial charge in [-0.3, -0.25) is 4.79 Å². The second kappa shape index (κ2) is 7.50. The summed E-state index contributed by atoms with van der Waals surface area (Å²) in [5.41, 5.74) is 0.540. The van der Waals surface area contributed by atoms with Crippen LogP contribution in [0.25, 0.3) is 0 Å². The van der Waals surface area contributed by atoms with Crippen LogP contribution in [-0.2, 0) is 6.54 Å². The molecule has 0 spiro atoms. The number of amides is 1. The molecule has 4 rings (SSSR count). The van der Waals surface area contributed by atoms with E-state index in [0.717, 1.165) is 13.0 Å². The molecule has 1 heterocycles. The molecular weight excluding hydrogens is 330 g/mol. The summed E-state index contributed by atoms with van der Waals surface area (Å²) in [5.74, 6) is 1.40. The van der Waals surface area contributed by atoms with Crippen LogP contribution in [0.5, 0.6) is 5.75 Å². The molecule has 0 saturated heterocycles. The number of carbonyl (C=O) groups excluding carboxylic acids is 1. The molecule has 1 amide bonds. The minimum atomic E-state index is -0.521. The van der Waals surface area contributed by atoms with E-state index >= 15 is 0 Å². The Bertz CT molecular complexity index is 743. The molecule has 2 aliphatic rings. The Labute approximate surface area is 153 Å². The van der Waals surface area contributed by atoms with Crippen molar-refractivity contribution in [2.24, 2.45) is 11.8 Å². The lowest BCUT2D eigenvalue weighted by molar-refractivity contribution is 0.0868. The smallest absolute Gasteiger partial charge is 0.255 e. The summed E-state index contributed by atoms with van der Waals surface area (Å²) in [6, 6.07) is 7.11. The number of nitrogens with zero attached hydrogens (tertiary/aromatic N) is 2. The van der Waals surface area contributed by atoms with Gasteiger partial charge in [0.1, 0.15) is 5.75 Å². The van der Waals surface area contributed by atoms with Crippen molar-refractivity contribution < 1.29 is 14.6 Å². The van der Waals surface area contributed by atoms with Crippen LogP contribution in [0.3, 0.4) is 0 Å². The van der Waals surface area contributed by atoms with E-state index in [1.807, 2.05) is 29.0 Å². The lowest BCUT2D eigenvalue weighted by atomic mass is 10.1. The number of benzene rings is 1. The monoisotopic (exact) mass is 355 g/mol. The maximum Gasteiger partial charge on any atom is 0.255 e. The van der Waals surface area contributed by atoms with Crippen LogP contribution in [-0.4, -0.2) is 39.3 Å². The highest BCUT2D eigenvalue weighted by molar-refractivity contribution is 5.97. The number of aromatic nitrogens is 2. The number of aliphatic hydroxyl groups is 1. The fraction of sp³-hybridized carbons (Fsp3) is 0.500. The number of hydrogen-bond acceptors (Lipinski definition) is 4. The van der Waals surface area contributed by atoms with E-state index in [1.54, 1.807) is 18.6 Å². The molecule has 2 N–H and O–H groups in total. The maximum absolute atomic E-state index is 12.7. The first kappa shape index (κ1) is 17.1. The second-order valence-electron chi connectivity index (χ2n) is 7.49. The van der Waals surface area contributed by atoms with Gasteiger partial charge in [0, 0.05) is 18.9 Å². The van der Waals surface area contributed by atoms with Gasteiger partial charge in [0.15, 0.2) is 0 Å². The summed E-state index contributed by atoms with van der Waals surface area (Å²) in [4.78, 5) is 16.8. The van der Waals surface area contributed by atoms with E-state index in [1.165, 1.54) is 12.8 Å². The van der Waals surface area contributed by atoms with Crippen LogP contribution in [0.1, 0.15) is 36.0 Å². The molecule has 6 nitrogen and oxygen atoms in total. The minimum Gasteiger partial charge on any atom is -0.492 e.